The molecule has 33 heavy (non-hydrogen) atoms. The number of sulfone groups is 1. The maximum Gasteiger partial charge on any atom is 0.330 e. The molecule has 4 rings (SSSR count). The second kappa shape index (κ2) is 9.07. The van der Waals surface area contributed by atoms with E-state index in [4.69, 9.17) is 5.73 Å². The Bertz CT molecular complexity index is 1380. The number of rotatable bonds is 6. The third-order valence-electron chi connectivity index (χ3n) is 5.70. The number of carbonyl (C=O) groups excluding carboxylic acids is 1. The summed E-state index contributed by atoms with van der Waals surface area (Å²) >= 11 is 0. The molecule has 3 N–H and O–H groups in total. The predicted molar refractivity (Wildman–Crippen MR) is 126 cm³/mol. The normalized spacial score (nSPS) is 17.0. The van der Waals surface area contributed by atoms with Gasteiger partial charge in [-0.3, -0.25) is 24.0 Å². The van der Waals surface area contributed by atoms with Crippen LogP contribution in [0.15, 0.2) is 70.3 Å². The molecule has 1 atom stereocenters. The molecule has 1 aliphatic heterocycles. The highest BCUT2D eigenvalue weighted by molar-refractivity contribution is 7.91. The number of nitrogen functional groups attached to an aromatic ring is 1. The summed E-state index contributed by atoms with van der Waals surface area (Å²) in [4.78, 5) is 42.4. The molecule has 10 heteroatoms. The molecule has 1 aromatic heterocycles. The Balaban J connectivity index is 1.80. The fraction of sp³-hybridized carbons (Fsp3) is 0.261. The molecule has 3 aromatic rings. The first-order valence-electron chi connectivity index (χ1n) is 10.5. The molecule has 0 saturated carbocycles. The van der Waals surface area contributed by atoms with Gasteiger partial charge in [-0.1, -0.05) is 60.7 Å². The quantitative estimate of drug-likeness (QED) is 0.557. The van der Waals surface area contributed by atoms with Gasteiger partial charge in [-0.25, -0.2) is 13.2 Å². The van der Waals surface area contributed by atoms with Gasteiger partial charge in [0.25, 0.3) is 5.56 Å². The Kier molecular flexibility index (Phi) is 6.19. The molecule has 1 aliphatic rings. The van der Waals surface area contributed by atoms with Crippen molar-refractivity contribution in [3.8, 4) is 0 Å². The smallest absolute Gasteiger partial charge is 0.330 e. The SMILES string of the molecule is Nc1c(N(Cc2ccccc2)C(=O)[C@@H]2CCS(=O)(=O)C2)c(=O)[nH]c(=O)n1Cc1ccccc1. The Morgan fingerprint density at radius 2 is 1.64 bits per heavy atom. The number of benzene rings is 2. The van der Waals surface area contributed by atoms with Crippen molar-refractivity contribution in [1.82, 2.24) is 9.55 Å². The maximum atomic E-state index is 13.5. The van der Waals surface area contributed by atoms with E-state index in [9.17, 15) is 22.8 Å². The van der Waals surface area contributed by atoms with Crippen LogP contribution >= 0.6 is 0 Å². The fourth-order valence-electron chi connectivity index (χ4n) is 4.00. The lowest BCUT2D eigenvalue weighted by atomic mass is 10.1. The van der Waals surface area contributed by atoms with Crippen LogP contribution in [-0.2, 0) is 27.7 Å². The Hall–Kier alpha value is -3.66. The molecule has 0 aliphatic carbocycles. The highest BCUT2D eigenvalue weighted by Crippen LogP contribution is 2.27. The number of aromatic amines is 1. The maximum absolute atomic E-state index is 13.5. The number of hydrogen-bond donors (Lipinski definition) is 2. The molecule has 9 nitrogen and oxygen atoms in total. The number of amides is 1. The lowest BCUT2D eigenvalue weighted by Gasteiger charge is -2.27. The third kappa shape index (κ3) is 4.90. The summed E-state index contributed by atoms with van der Waals surface area (Å²) in [7, 11) is -3.32. The molecular weight excluding hydrogens is 444 g/mol. The van der Waals surface area contributed by atoms with E-state index in [1.54, 1.807) is 24.3 Å². The Morgan fingerprint density at radius 1 is 1.03 bits per heavy atom. The van der Waals surface area contributed by atoms with E-state index in [1.807, 2.05) is 36.4 Å². The van der Waals surface area contributed by atoms with Gasteiger partial charge in [-0.05, 0) is 17.5 Å². The summed E-state index contributed by atoms with van der Waals surface area (Å²) in [6.07, 6.45) is 0.175. The first kappa shape index (κ1) is 22.5. The third-order valence-corrected chi connectivity index (χ3v) is 7.47. The molecule has 1 saturated heterocycles. The number of anilines is 2. The van der Waals surface area contributed by atoms with Gasteiger partial charge in [-0.15, -0.1) is 0 Å². The van der Waals surface area contributed by atoms with Crippen molar-refractivity contribution >= 4 is 27.2 Å². The van der Waals surface area contributed by atoms with Crippen LogP contribution in [0, 0.1) is 5.92 Å². The van der Waals surface area contributed by atoms with Crippen molar-refractivity contribution in [2.75, 3.05) is 22.1 Å². The van der Waals surface area contributed by atoms with Crippen molar-refractivity contribution in [1.29, 1.82) is 0 Å². The number of nitrogens with one attached hydrogen (secondary N) is 1. The molecule has 0 bridgehead atoms. The fourth-order valence-corrected chi connectivity index (χ4v) is 5.74. The highest BCUT2D eigenvalue weighted by atomic mass is 32.2. The van der Waals surface area contributed by atoms with Gasteiger partial charge in [0.2, 0.25) is 5.91 Å². The summed E-state index contributed by atoms with van der Waals surface area (Å²) in [5.41, 5.74) is 6.16. The number of aromatic nitrogens is 2. The molecule has 0 spiro atoms. The van der Waals surface area contributed by atoms with Gasteiger partial charge in [0, 0.05) is 0 Å². The molecule has 2 aromatic carbocycles. The molecule has 172 valence electrons. The highest BCUT2D eigenvalue weighted by Gasteiger charge is 2.37. The average Bonchev–Trinajstić information content (AvgIpc) is 3.16. The molecule has 1 fully saturated rings. The van der Waals surface area contributed by atoms with Gasteiger partial charge in [-0.2, -0.15) is 0 Å². The summed E-state index contributed by atoms with van der Waals surface area (Å²) in [6, 6.07) is 18.1. The minimum absolute atomic E-state index is 0.00699. The summed E-state index contributed by atoms with van der Waals surface area (Å²) in [5, 5.41) is 0. The topological polar surface area (TPSA) is 135 Å². The largest absolute Gasteiger partial charge is 0.383 e. The zero-order valence-corrected chi connectivity index (χ0v) is 18.6. The number of hydrogen-bond acceptors (Lipinski definition) is 6. The van der Waals surface area contributed by atoms with Crippen molar-refractivity contribution in [2.45, 2.75) is 19.5 Å². The number of H-pyrrole nitrogens is 1. The van der Waals surface area contributed by atoms with Crippen molar-refractivity contribution in [2.24, 2.45) is 5.92 Å². The Morgan fingerprint density at radius 3 is 2.21 bits per heavy atom. The monoisotopic (exact) mass is 468 g/mol. The summed E-state index contributed by atoms with van der Waals surface area (Å²) in [6.45, 7) is 0.105. The summed E-state index contributed by atoms with van der Waals surface area (Å²) < 4.78 is 25.2. The van der Waals surface area contributed by atoms with Gasteiger partial charge >= 0.3 is 5.69 Å². The lowest BCUT2D eigenvalue weighted by molar-refractivity contribution is -0.121. The first-order chi connectivity index (χ1) is 15.7. The zero-order valence-electron chi connectivity index (χ0n) is 17.8. The van der Waals surface area contributed by atoms with Crippen LogP contribution in [0.25, 0.3) is 0 Å². The van der Waals surface area contributed by atoms with Gasteiger partial charge in [0.15, 0.2) is 15.5 Å². The van der Waals surface area contributed by atoms with E-state index < -0.39 is 32.9 Å². The van der Waals surface area contributed by atoms with E-state index in [-0.39, 0.29) is 42.5 Å². The van der Waals surface area contributed by atoms with Gasteiger partial charge < -0.3 is 5.73 Å². The standard InChI is InChI=1S/C23H24N4O5S/c24-20-19(21(28)25-23(30)27(20)14-17-9-5-2-6-10-17)26(13-16-7-3-1-4-8-16)22(29)18-11-12-33(31,32)15-18/h1-10,18H,11-15,24H2,(H,25,28,30)/t18-/m1/s1. The van der Waals surface area contributed by atoms with Crippen LogP contribution in [0.1, 0.15) is 17.5 Å². The number of carbonyl (C=O) groups is 1. The molecule has 1 amide bonds. The average molecular weight is 469 g/mol. The lowest BCUT2D eigenvalue weighted by Crippen LogP contribution is -2.43. The zero-order chi connectivity index (χ0) is 23.6. The van der Waals surface area contributed by atoms with E-state index in [2.05, 4.69) is 4.98 Å². The minimum atomic E-state index is -3.32. The van der Waals surface area contributed by atoms with Crippen molar-refractivity contribution in [3.05, 3.63) is 92.6 Å². The van der Waals surface area contributed by atoms with Gasteiger partial charge in [0.1, 0.15) is 5.82 Å². The van der Waals surface area contributed by atoms with Crippen LogP contribution in [-0.4, -0.2) is 35.4 Å². The predicted octanol–water partition coefficient (Wildman–Crippen LogP) is 1.14. The molecular formula is C23H24N4O5S. The van der Waals surface area contributed by atoms with E-state index in [0.717, 1.165) is 11.1 Å². The van der Waals surface area contributed by atoms with E-state index in [1.165, 1.54) is 9.47 Å². The second-order valence-electron chi connectivity index (χ2n) is 8.07. The van der Waals surface area contributed by atoms with Crippen molar-refractivity contribution in [3.63, 3.8) is 0 Å². The Labute approximate surface area is 190 Å². The minimum Gasteiger partial charge on any atom is -0.383 e. The molecule has 0 radical (unpaired) electrons. The van der Waals surface area contributed by atoms with Crippen molar-refractivity contribution < 1.29 is 13.2 Å². The second-order valence-corrected chi connectivity index (χ2v) is 10.3. The van der Waals surface area contributed by atoms with Crippen LogP contribution < -0.4 is 21.9 Å². The van der Waals surface area contributed by atoms with E-state index in [0.29, 0.717) is 0 Å². The first-order valence-corrected chi connectivity index (χ1v) is 12.3. The van der Waals surface area contributed by atoms with Gasteiger partial charge in [0.05, 0.1) is 30.5 Å². The number of nitrogens with two attached hydrogens (primary N) is 1. The van der Waals surface area contributed by atoms with Crippen LogP contribution in [0.5, 0.6) is 0 Å². The summed E-state index contributed by atoms with van der Waals surface area (Å²) in [5.74, 6) is -1.81. The molecule has 0 unspecified atom stereocenters. The van der Waals surface area contributed by atoms with Crippen LogP contribution in [0.2, 0.25) is 0 Å². The van der Waals surface area contributed by atoms with Crippen LogP contribution in [0.3, 0.4) is 0 Å². The van der Waals surface area contributed by atoms with E-state index >= 15 is 0 Å². The van der Waals surface area contributed by atoms with Crippen LogP contribution in [0.4, 0.5) is 11.5 Å². The molecule has 2 heterocycles. The number of nitrogens with zero attached hydrogens (tertiary/aromatic N) is 2.